The van der Waals surface area contributed by atoms with E-state index in [2.05, 4.69) is 10.2 Å². The molecular formula is C19H26ClN3O2. The van der Waals surface area contributed by atoms with Gasteiger partial charge < -0.3 is 15.8 Å². The minimum Gasteiger partial charge on any atom is -0.489 e. The molecule has 0 saturated carbocycles. The first-order valence-electron chi connectivity index (χ1n) is 9.36. The van der Waals surface area contributed by atoms with Gasteiger partial charge in [-0.05, 0) is 51.6 Å². The highest BCUT2D eigenvalue weighted by Crippen LogP contribution is 2.40. The van der Waals surface area contributed by atoms with Crippen LogP contribution in [0, 0.1) is 0 Å². The average Bonchev–Trinajstić information content (AvgIpc) is 3.27. The van der Waals surface area contributed by atoms with Gasteiger partial charge in [-0.1, -0.05) is 11.6 Å². The molecule has 3 N–H and O–H groups in total. The second kappa shape index (κ2) is 6.69. The topological polar surface area (TPSA) is 67.6 Å². The second-order valence-corrected chi connectivity index (χ2v) is 7.98. The maximum absolute atomic E-state index is 12.7. The highest BCUT2D eigenvalue weighted by molar-refractivity contribution is 6.33. The van der Waals surface area contributed by atoms with E-state index >= 15 is 0 Å². The Bertz CT molecular complexity index is 694. The number of amides is 1. The second-order valence-electron chi connectivity index (χ2n) is 7.57. The fraction of sp³-hybridized carbons (Fsp3) is 0.632. The van der Waals surface area contributed by atoms with Crippen molar-refractivity contribution < 1.29 is 9.53 Å². The number of nitrogens with zero attached hydrogens (tertiary/aromatic N) is 1. The molecule has 1 amide bonds. The maximum atomic E-state index is 12.7. The molecule has 4 rings (SSSR count). The fourth-order valence-corrected chi connectivity index (χ4v) is 4.92. The van der Waals surface area contributed by atoms with Crippen molar-refractivity contribution >= 4 is 23.2 Å². The molecule has 5 nitrogen and oxygen atoms in total. The van der Waals surface area contributed by atoms with Gasteiger partial charge in [0.25, 0.3) is 5.91 Å². The Balaban J connectivity index is 1.40. The largest absolute Gasteiger partial charge is 0.489 e. The molecule has 1 aromatic rings. The Labute approximate surface area is 153 Å². The number of rotatable bonds is 4. The molecule has 3 unspecified atom stereocenters. The van der Waals surface area contributed by atoms with E-state index in [1.807, 2.05) is 6.92 Å². The Hall–Kier alpha value is -1.46. The Kier molecular flexibility index (Phi) is 4.54. The number of nitrogens with two attached hydrogens (primary N) is 1. The molecule has 2 fully saturated rings. The quantitative estimate of drug-likeness (QED) is 0.807. The number of fused-ring (bicyclic) bond motifs is 2. The third kappa shape index (κ3) is 3.08. The zero-order valence-corrected chi connectivity index (χ0v) is 15.4. The van der Waals surface area contributed by atoms with Crippen LogP contribution in [0.5, 0.6) is 5.75 Å². The van der Waals surface area contributed by atoms with Crippen molar-refractivity contribution in [1.29, 1.82) is 0 Å². The van der Waals surface area contributed by atoms with E-state index in [1.54, 1.807) is 6.07 Å². The summed E-state index contributed by atoms with van der Waals surface area (Å²) in [5.41, 5.74) is 7.95. The Morgan fingerprint density at radius 2 is 2.28 bits per heavy atom. The van der Waals surface area contributed by atoms with Gasteiger partial charge >= 0.3 is 0 Å². The number of hydrogen-bond donors (Lipinski definition) is 2. The number of carbonyl (C=O) groups excluding carboxylic acids is 1. The van der Waals surface area contributed by atoms with E-state index in [1.165, 1.54) is 32.2 Å². The predicted molar refractivity (Wildman–Crippen MR) is 99.4 cm³/mol. The van der Waals surface area contributed by atoms with Gasteiger partial charge in [0.05, 0.1) is 16.3 Å². The summed E-state index contributed by atoms with van der Waals surface area (Å²) >= 11 is 6.22. The number of anilines is 1. The fourth-order valence-electron chi connectivity index (χ4n) is 4.69. The molecule has 6 heteroatoms. The van der Waals surface area contributed by atoms with Crippen molar-refractivity contribution in [1.82, 2.24) is 10.2 Å². The van der Waals surface area contributed by atoms with E-state index in [0.717, 1.165) is 18.0 Å². The van der Waals surface area contributed by atoms with E-state index in [9.17, 15) is 4.79 Å². The van der Waals surface area contributed by atoms with E-state index < -0.39 is 0 Å². The van der Waals surface area contributed by atoms with Gasteiger partial charge in [-0.3, -0.25) is 9.69 Å². The number of ether oxygens (including phenoxy) is 1. The summed E-state index contributed by atoms with van der Waals surface area (Å²) in [5, 5.41) is 3.48. The molecule has 3 heterocycles. The van der Waals surface area contributed by atoms with Crippen molar-refractivity contribution in [3.63, 3.8) is 0 Å². The molecule has 3 atom stereocenters. The highest BCUT2D eigenvalue weighted by Gasteiger charge is 2.36. The van der Waals surface area contributed by atoms with Crippen molar-refractivity contribution in [2.24, 2.45) is 0 Å². The first kappa shape index (κ1) is 17.0. The predicted octanol–water partition coefficient (Wildman–Crippen LogP) is 2.99. The smallest absolute Gasteiger partial charge is 0.255 e. The third-order valence-electron chi connectivity index (χ3n) is 5.92. The normalized spacial score (nSPS) is 27.8. The number of hydrogen-bond acceptors (Lipinski definition) is 4. The van der Waals surface area contributed by atoms with Crippen LogP contribution >= 0.6 is 11.6 Å². The number of nitrogen functional groups attached to an aromatic ring is 1. The lowest BCUT2D eigenvalue weighted by Gasteiger charge is -2.23. The van der Waals surface area contributed by atoms with Crippen LogP contribution < -0.4 is 15.8 Å². The summed E-state index contributed by atoms with van der Waals surface area (Å²) in [6.07, 6.45) is 6.95. The molecule has 3 aliphatic rings. The monoisotopic (exact) mass is 363 g/mol. The maximum Gasteiger partial charge on any atom is 0.255 e. The van der Waals surface area contributed by atoms with E-state index in [-0.39, 0.29) is 12.0 Å². The minimum atomic E-state index is -0.122. The SMILES string of the molecule is CC1Cc2c(N)c(Cl)cc(C(=O)NCCC3CCC4CCCN43)c2O1. The van der Waals surface area contributed by atoms with Gasteiger partial charge in [0, 0.05) is 30.6 Å². The van der Waals surface area contributed by atoms with Crippen LogP contribution in [-0.2, 0) is 6.42 Å². The van der Waals surface area contributed by atoms with Crippen LogP contribution in [0.15, 0.2) is 6.07 Å². The molecule has 2 saturated heterocycles. The molecule has 136 valence electrons. The van der Waals surface area contributed by atoms with Crippen LogP contribution in [0.3, 0.4) is 0 Å². The summed E-state index contributed by atoms with van der Waals surface area (Å²) in [7, 11) is 0. The summed E-state index contributed by atoms with van der Waals surface area (Å²) in [5.74, 6) is 0.482. The highest BCUT2D eigenvalue weighted by atomic mass is 35.5. The standard InChI is InChI=1S/C19H26ClN3O2/c1-11-9-14-17(21)16(20)10-15(18(14)25-11)19(24)22-7-6-13-5-4-12-3-2-8-23(12)13/h10-13H,2-9,21H2,1H3,(H,22,24). The van der Waals surface area contributed by atoms with Gasteiger partial charge in [-0.25, -0.2) is 0 Å². The Morgan fingerprint density at radius 1 is 1.44 bits per heavy atom. The molecule has 25 heavy (non-hydrogen) atoms. The van der Waals surface area contributed by atoms with Crippen molar-refractivity contribution in [3.8, 4) is 5.75 Å². The lowest BCUT2D eigenvalue weighted by Crippen LogP contribution is -2.35. The van der Waals surface area contributed by atoms with Crippen LogP contribution in [0.1, 0.15) is 54.9 Å². The number of nitrogens with one attached hydrogen (secondary N) is 1. The zero-order chi connectivity index (χ0) is 17.6. The first-order valence-corrected chi connectivity index (χ1v) is 9.74. The van der Waals surface area contributed by atoms with Gasteiger partial charge in [-0.15, -0.1) is 0 Å². The molecular weight excluding hydrogens is 338 g/mol. The minimum absolute atomic E-state index is 0.0212. The molecule has 0 bridgehead atoms. The van der Waals surface area contributed by atoms with Gasteiger partial charge in [0.15, 0.2) is 0 Å². The summed E-state index contributed by atoms with van der Waals surface area (Å²) in [4.78, 5) is 15.3. The van der Waals surface area contributed by atoms with Gasteiger partial charge in [-0.2, -0.15) is 0 Å². The molecule has 0 aliphatic carbocycles. The number of halogens is 1. The lowest BCUT2D eigenvalue weighted by atomic mass is 10.0. The molecule has 1 aromatic carbocycles. The summed E-state index contributed by atoms with van der Waals surface area (Å²) < 4.78 is 5.82. The van der Waals surface area contributed by atoms with E-state index in [4.69, 9.17) is 22.1 Å². The van der Waals surface area contributed by atoms with Crippen molar-refractivity contribution in [3.05, 3.63) is 22.2 Å². The van der Waals surface area contributed by atoms with Crippen molar-refractivity contribution in [2.45, 2.75) is 63.6 Å². The van der Waals surface area contributed by atoms with Crippen LogP contribution in [-0.4, -0.2) is 42.1 Å². The van der Waals surface area contributed by atoms with E-state index in [0.29, 0.717) is 41.0 Å². The van der Waals surface area contributed by atoms with Crippen LogP contribution in [0.2, 0.25) is 5.02 Å². The van der Waals surface area contributed by atoms with Crippen molar-refractivity contribution in [2.75, 3.05) is 18.8 Å². The number of benzene rings is 1. The zero-order valence-electron chi connectivity index (χ0n) is 14.7. The number of carbonyl (C=O) groups is 1. The molecule has 0 radical (unpaired) electrons. The van der Waals surface area contributed by atoms with Gasteiger partial charge in [0.1, 0.15) is 11.9 Å². The summed E-state index contributed by atoms with van der Waals surface area (Å²) in [6, 6.07) is 3.04. The Morgan fingerprint density at radius 3 is 3.12 bits per heavy atom. The molecule has 0 aromatic heterocycles. The average molecular weight is 364 g/mol. The summed E-state index contributed by atoms with van der Waals surface area (Å²) in [6.45, 7) is 3.87. The first-order chi connectivity index (χ1) is 12.0. The van der Waals surface area contributed by atoms with Crippen LogP contribution in [0.4, 0.5) is 5.69 Å². The van der Waals surface area contributed by atoms with Gasteiger partial charge in [0.2, 0.25) is 0 Å². The molecule has 0 spiro atoms. The third-order valence-corrected chi connectivity index (χ3v) is 6.23. The lowest BCUT2D eigenvalue weighted by molar-refractivity contribution is 0.0945. The van der Waals surface area contributed by atoms with Crippen LogP contribution in [0.25, 0.3) is 0 Å². The molecule has 3 aliphatic heterocycles.